The van der Waals surface area contributed by atoms with E-state index < -0.39 is 24.2 Å². The van der Waals surface area contributed by atoms with Crippen LogP contribution in [-0.2, 0) is 22.5 Å². The molecule has 0 aliphatic carbocycles. The molecule has 0 fully saturated rings. The molecule has 1 aromatic heterocycles. The van der Waals surface area contributed by atoms with Crippen molar-refractivity contribution in [3.8, 4) is 0 Å². The molecule has 7 heteroatoms. The Morgan fingerprint density at radius 3 is 2.83 bits per heavy atom. The zero-order chi connectivity index (χ0) is 16.4. The number of nitrogens with zero attached hydrogens (tertiary/aromatic N) is 1. The Balaban J connectivity index is 1.57. The molecule has 1 aliphatic heterocycles. The first kappa shape index (κ1) is 15.6. The number of fused-ring (bicyclic) bond motifs is 1. The predicted octanol–water partition coefficient (Wildman–Crippen LogP) is 2.77. The van der Waals surface area contributed by atoms with Crippen LogP contribution in [0.25, 0.3) is 0 Å². The molecule has 2 aromatic rings. The van der Waals surface area contributed by atoms with Gasteiger partial charge in [-0.25, -0.2) is 13.6 Å². The normalized spacial score (nSPS) is 13.6. The maximum absolute atomic E-state index is 13.1. The summed E-state index contributed by atoms with van der Waals surface area (Å²) in [6, 6.07) is 4.69. The Morgan fingerprint density at radius 1 is 1.22 bits per heavy atom. The van der Waals surface area contributed by atoms with Crippen LogP contribution in [0.15, 0.2) is 29.6 Å². The molecule has 120 valence electrons. The zero-order valence-corrected chi connectivity index (χ0v) is 12.9. The number of hydrogen-bond donors (Lipinski definition) is 0. The second-order valence-electron chi connectivity index (χ2n) is 5.14. The maximum Gasteiger partial charge on any atom is 0.338 e. The van der Waals surface area contributed by atoms with Crippen molar-refractivity contribution in [3.63, 3.8) is 0 Å². The molecule has 1 aliphatic rings. The summed E-state index contributed by atoms with van der Waals surface area (Å²) in [4.78, 5) is 26.8. The van der Waals surface area contributed by atoms with Crippen molar-refractivity contribution in [2.75, 3.05) is 13.2 Å². The van der Waals surface area contributed by atoms with E-state index in [0.29, 0.717) is 13.1 Å². The lowest BCUT2D eigenvalue weighted by molar-refractivity contribution is -0.135. The van der Waals surface area contributed by atoms with Gasteiger partial charge >= 0.3 is 5.97 Å². The Labute approximate surface area is 135 Å². The lowest BCUT2D eigenvalue weighted by Gasteiger charge is -2.26. The number of thiophene rings is 1. The molecule has 0 unspecified atom stereocenters. The molecule has 0 radical (unpaired) electrons. The minimum Gasteiger partial charge on any atom is -0.452 e. The molecule has 0 spiro atoms. The van der Waals surface area contributed by atoms with Gasteiger partial charge in [-0.2, -0.15) is 0 Å². The van der Waals surface area contributed by atoms with E-state index in [1.165, 1.54) is 4.88 Å². The van der Waals surface area contributed by atoms with E-state index in [1.807, 2.05) is 11.4 Å². The predicted molar refractivity (Wildman–Crippen MR) is 80.1 cm³/mol. The number of amides is 1. The summed E-state index contributed by atoms with van der Waals surface area (Å²) in [6.45, 7) is 0.659. The number of benzene rings is 1. The van der Waals surface area contributed by atoms with Gasteiger partial charge in [-0.1, -0.05) is 0 Å². The summed E-state index contributed by atoms with van der Waals surface area (Å²) < 4.78 is 30.8. The first-order valence-electron chi connectivity index (χ1n) is 7.00. The summed E-state index contributed by atoms with van der Waals surface area (Å²) >= 11 is 1.67. The van der Waals surface area contributed by atoms with Crippen molar-refractivity contribution in [3.05, 3.63) is 57.3 Å². The first-order chi connectivity index (χ1) is 11.0. The Hall–Kier alpha value is -2.28. The third-order valence-electron chi connectivity index (χ3n) is 3.64. The number of carbonyl (C=O) groups excluding carboxylic acids is 2. The number of hydrogen-bond acceptors (Lipinski definition) is 4. The molecule has 0 saturated heterocycles. The van der Waals surface area contributed by atoms with Gasteiger partial charge in [0.2, 0.25) is 0 Å². The third-order valence-corrected chi connectivity index (χ3v) is 4.67. The minimum atomic E-state index is -1.13. The molecular weight excluding hydrogens is 324 g/mol. The Morgan fingerprint density at radius 2 is 2.04 bits per heavy atom. The van der Waals surface area contributed by atoms with Crippen LogP contribution in [0, 0.1) is 11.6 Å². The highest BCUT2D eigenvalue weighted by molar-refractivity contribution is 7.10. The number of carbonyl (C=O) groups is 2. The summed E-state index contributed by atoms with van der Waals surface area (Å²) in [5.74, 6) is -3.34. The fourth-order valence-corrected chi connectivity index (χ4v) is 3.28. The van der Waals surface area contributed by atoms with Gasteiger partial charge in [0.05, 0.1) is 5.56 Å². The van der Waals surface area contributed by atoms with E-state index in [1.54, 1.807) is 16.2 Å². The van der Waals surface area contributed by atoms with Gasteiger partial charge in [0.25, 0.3) is 5.91 Å². The average molecular weight is 337 g/mol. The zero-order valence-electron chi connectivity index (χ0n) is 12.1. The standard InChI is InChI=1S/C16H13F2NO3S/c17-12-2-1-10(7-13(12)18)16(21)22-9-15(20)19-5-3-14-11(8-19)4-6-23-14/h1-2,4,6-7H,3,5,8-9H2. The van der Waals surface area contributed by atoms with Crippen molar-refractivity contribution >= 4 is 23.2 Å². The fraction of sp³-hybridized carbons (Fsp3) is 0.250. The van der Waals surface area contributed by atoms with Gasteiger partial charge in [0, 0.05) is 18.0 Å². The maximum atomic E-state index is 13.1. The highest BCUT2D eigenvalue weighted by Gasteiger charge is 2.22. The summed E-state index contributed by atoms with van der Waals surface area (Å²) in [6.07, 6.45) is 0.788. The van der Waals surface area contributed by atoms with Gasteiger partial charge in [-0.15, -0.1) is 11.3 Å². The lowest BCUT2D eigenvalue weighted by Crippen LogP contribution is -2.38. The van der Waals surface area contributed by atoms with Gasteiger partial charge in [0.1, 0.15) is 0 Å². The summed E-state index contributed by atoms with van der Waals surface area (Å²) in [5, 5.41) is 1.99. The van der Waals surface area contributed by atoms with Crippen LogP contribution in [0.4, 0.5) is 8.78 Å². The molecule has 23 heavy (non-hydrogen) atoms. The van der Waals surface area contributed by atoms with E-state index in [-0.39, 0.29) is 11.5 Å². The van der Waals surface area contributed by atoms with E-state index in [0.717, 1.165) is 30.2 Å². The van der Waals surface area contributed by atoms with E-state index in [4.69, 9.17) is 4.74 Å². The van der Waals surface area contributed by atoms with Crippen molar-refractivity contribution in [2.45, 2.75) is 13.0 Å². The summed E-state index contributed by atoms with van der Waals surface area (Å²) in [5.41, 5.74) is 0.983. The van der Waals surface area contributed by atoms with Gasteiger partial charge in [-0.05, 0) is 41.6 Å². The smallest absolute Gasteiger partial charge is 0.338 e. The molecular formula is C16H13F2NO3S. The molecule has 0 bridgehead atoms. The monoisotopic (exact) mass is 337 g/mol. The van der Waals surface area contributed by atoms with E-state index in [9.17, 15) is 18.4 Å². The van der Waals surface area contributed by atoms with Crippen LogP contribution < -0.4 is 0 Å². The third kappa shape index (κ3) is 3.39. The van der Waals surface area contributed by atoms with Crippen LogP contribution in [0.1, 0.15) is 20.8 Å². The van der Waals surface area contributed by atoms with Crippen LogP contribution >= 0.6 is 11.3 Å². The number of ether oxygens (including phenoxy) is 1. The number of halogens is 2. The Kier molecular flexibility index (Phi) is 4.38. The van der Waals surface area contributed by atoms with Gasteiger partial charge in [0.15, 0.2) is 18.2 Å². The fourth-order valence-electron chi connectivity index (χ4n) is 2.39. The highest BCUT2D eigenvalue weighted by Crippen LogP contribution is 2.24. The van der Waals surface area contributed by atoms with Crippen molar-refractivity contribution in [1.29, 1.82) is 0 Å². The number of esters is 1. The molecule has 4 nitrogen and oxygen atoms in total. The topological polar surface area (TPSA) is 46.6 Å². The molecule has 0 atom stereocenters. The molecule has 1 aromatic carbocycles. The van der Waals surface area contributed by atoms with Crippen LogP contribution in [-0.4, -0.2) is 29.9 Å². The van der Waals surface area contributed by atoms with E-state index in [2.05, 4.69) is 0 Å². The molecule has 1 amide bonds. The SMILES string of the molecule is O=C(OCC(=O)N1CCc2sccc2C1)c1ccc(F)c(F)c1. The van der Waals surface area contributed by atoms with Crippen LogP contribution in [0.5, 0.6) is 0 Å². The molecule has 3 rings (SSSR count). The van der Waals surface area contributed by atoms with Crippen LogP contribution in [0.2, 0.25) is 0 Å². The average Bonchev–Trinajstić information content (AvgIpc) is 3.02. The quantitative estimate of drug-likeness (QED) is 0.809. The van der Waals surface area contributed by atoms with Crippen molar-refractivity contribution in [2.24, 2.45) is 0 Å². The van der Waals surface area contributed by atoms with Crippen LogP contribution in [0.3, 0.4) is 0 Å². The van der Waals surface area contributed by atoms with Gasteiger partial charge < -0.3 is 9.64 Å². The molecule has 2 heterocycles. The highest BCUT2D eigenvalue weighted by atomic mass is 32.1. The van der Waals surface area contributed by atoms with E-state index >= 15 is 0 Å². The second-order valence-corrected chi connectivity index (χ2v) is 6.14. The first-order valence-corrected chi connectivity index (χ1v) is 7.88. The lowest BCUT2D eigenvalue weighted by atomic mass is 10.1. The Bertz CT molecular complexity index is 760. The number of rotatable bonds is 3. The van der Waals surface area contributed by atoms with Gasteiger partial charge in [-0.3, -0.25) is 4.79 Å². The van der Waals surface area contributed by atoms with Crippen molar-refractivity contribution < 1.29 is 23.1 Å². The largest absolute Gasteiger partial charge is 0.452 e. The molecule has 0 saturated carbocycles. The minimum absolute atomic E-state index is 0.129. The summed E-state index contributed by atoms with van der Waals surface area (Å²) in [7, 11) is 0. The second kappa shape index (κ2) is 6.45. The molecule has 0 N–H and O–H groups in total. The van der Waals surface area contributed by atoms with Crippen molar-refractivity contribution in [1.82, 2.24) is 4.90 Å².